The van der Waals surface area contributed by atoms with Crippen LogP contribution < -0.4 is 16.6 Å². The summed E-state index contributed by atoms with van der Waals surface area (Å²) in [6.45, 7) is 1.01. The first-order chi connectivity index (χ1) is 9.08. The van der Waals surface area contributed by atoms with Crippen LogP contribution in [-0.4, -0.2) is 22.2 Å². The van der Waals surface area contributed by atoms with E-state index in [0.717, 1.165) is 12.8 Å². The van der Waals surface area contributed by atoms with E-state index in [2.05, 4.69) is 26.3 Å². The Morgan fingerprint density at radius 3 is 2.89 bits per heavy atom. The molecule has 1 aromatic heterocycles. The van der Waals surface area contributed by atoms with Crippen molar-refractivity contribution in [2.75, 3.05) is 11.9 Å². The van der Waals surface area contributed by atoms with Gasteiger partial charge in [-0.3, -0.25) is 9.59 Å². The zero-order valence-corrected chi connectivity index (χ0v) is 12.1. The van der Waals surface area contributed by atoms with Gasteiger partial charge in [0.1, 0.15) is 5.69 Å². The van der Waals surface area contributed by atoms with Gasteiger partial charge in [0.05, 0.1) is 10.7 Å². The lowest BCUT2D eigenvalue weighted by Gasteiger charge is -2.25. The SMILES string of the molecule is NC(=O)CCNc1c(Br)cnn(CC2CCC2)c1=O. The van der Waals surface area contributed by atoms with Crippen molar-refractivity contribution < 1.29 is 4.79 Å². The van der Waals surface area contributed by atoms with Crippen LogP contribution in [0.5, 0.6) is 0 Å². The Balaban J connectivity index is 2.09. The number of amides is 1. The number of hydrogen-bond acceptors (Lipinski definition) is 4. The number of rotatable bonds is 6. The largest absolute Gasteiger partial charge is 0.379 e. The Morgan fingerprint density at radius 2 is 2.32 bits per heavy atom. The molecule has 0 aromatic carbocycles. The standard InChI is InChI=1S/C12H17BrN4O2/c13-9-6-16-17(7-8-2-1-3-8)12(19)11(9)15-5-4-10(14)18/h6,8,15H,1-5,7H2,(H2,14,18). The maximum Gasteiger partial charge on any atom is 0.291 e. The van der Waals surface area contributed by atoms with E-state index in [4.69, 9.17) is 5.73 Å². The van der Waals surface area contributed by atoms with Crippen molar-refractivity contribution in [1.82, 2.24) is 9.78 Å². The summed E-state index contributed by atoms with van der Waals surface area (Å²) in [5, 5.41) is 7.07. The highest BCUT2D eigenvalue weighted by atomic mass is 79.9. The topological polar surface area (TPSA) is 90.0 Å². The number of primary amides is 1. The fraction of sp³-hybridized carbons (Fsp3) is 0.583. The molecule has 0 unspecified atom stereocenters. The number of nitrogens with one attached hydrogen (secondary N) is 1. The second kappa shape index (κ2) is 6.18. The molecule has 0 atom stereocenters. The minimum absolute atomic E-state index is 0.161. The second-order valence-electron chi connectivity index (χ2n) is 4.79. The molecule has 2 rings (SSSR count). The first-order valence-corrected chi connectivity index (χ1v) is 7.15. The van der Waals surface area contributed by atoms with Gasteiger partial charge in [0.2, 0.25) is 5.91 Å². The Morgan fingerprint density at radius 1 is 1.58 bits per heavy atom. The lowest BCUT2D eigenvalue weighted by Crippen LogP contribution is -2.31. The lowest BCUT2D eigenvalue weighted by molar-refractivity contribution is -0.117. The summed E-state index contributed by atoms with van der Waals surface area (Å²) in [6.07, 6.45) is 5.35. The van der Waals surface area contributed by atoms with Crippen LogP contribution in [0, 0.1) is 5.92 Å². The monoisotopic (exact) mass is 328 g/mol. The summed E-state index contributed by atoms with van der Waals surface area (Å²) in [5.74, 6) is 0.164. The molecule has 0 aliphatic heterocycles. The highest BCUT2D eigenvalue weighted by molar-refractivity contribution is 9.10. The highest BCUT2D eigenvalue weighted by Gasteiger charge is 2.20. The van der Waals surface area contributed by atoms with Crippen LogP contribution in [-0.2, 0) is 11.3 Å². The average Bonchev–Trinajstić information content (AvgIpc) is 2.30. The van der Waals surface area contributed by atoms with Gasteiger partial charge in [-0.15, -0.1) is 0 Å². The normalized spacial score (nSPS) is 15.0. The van der Waals surface area contributed by atoms with Crippen molar-refractivity contribution in [3.05, 3.63) is 21.0 Å². The van der Waals surface area contributed by atoms with Gasteiger partial charge in [-0.25, -0.2) is 4.68 Å². The quantitative estimate of drug-likeness (QED) is 0.818. The minimum atomic E-state index is -0.396. The van der Waals surface area contributed by atoms with Crippen molar-refractivity contribution in [2.24, 2.45) is 11.7 Å². The van der Waals surface area contributed by atoms with Crippen LogP contribution in [0.15, 0.2) is 15.5 Å². The molecule has 0 saturated heterocycles. The maximum atomic E-state index is 12.2. The number of aromatic nitrogens is 2. The van der Waals surface area contributed by atoms with Crippen molar-refractivity contribution >= 4 is 27.5 Å². The fourth-order valence-electron chi connectivity index (χ4n) is 1.99. The molecule has 1 aliphatic carbocycles. The number of nitrogens with zero attached hydrogens (tertiary/aromatic N) is 2. The molecule has 0 radical (unpaired) electrons. The molecule has 104 valence electrons. The molecule has 1 aliphatic rings. The molecule has 1 amide bonds. The number of carbonyl (C=O) groups excluding carboxylic acids is 1. The summed E-state index contributed by atoms with van der Waals surface area (Å²) < 4.78 is 2.09. The molecule has 1 aromatic rings. The average molecular weight is 329 g/mol. The van der Waals surface area contributed by atoms with Gasteiger partial charge in [0.25, 0.3) is 5.56 Å². The highest BCUT2D eigenvalue weighted by Crippen LogP contribution is 2.27. The maximum absolute atomic E-state index is 12.2. The minimum Gasteiger partial charge on any atom is -0.379 e. The molecular formula is C12H17BrN4O2. The van der Waals surface area contributed by atoms with Crippen LogP contribution in [0.1, 0.15) is 25.7 Å². The van der Waals surface area contributed by atoms with Gasteiger partial charge >= 0.3 is 0 Å². The molecular weight excluding hydrogens is 312 g/mol. The molecule has 1 heterocycles. The smallest absolute Gasteiger partial charge is 0.291 e. The number of nitrogens with two attached hydrogens (primary N) is 1. The third-order valence-electron chi connectivity index (χ3n) is 3.33. The Labute approximate surface area is 119 Å². The van der Waals surface area contributed by atoms with Crippen LogP contribution in [0.3, 0.4) is 0 Å². The first-order valence-electron chi connectivity index (χ1n) is 6.35. The molecule has 19 heavy (non-hydrogen) atoms. The number of halogens is 1. The van der Waals surface area contributed by atoms with Gasteiger partial charge in [0.15, 0.2) is 0 Å². The Hall–Kier alpha value is -1.37. The van der Waals surface area contributed by atoms with Gasteiger partial charge < -0.3 is 11.1 Å². The van der Waals surface area contributed by atoms with E-state index < -0.39 is 5.91 Å². The van der Waals surface area contributed by atoms with E-state index in [9.17, 15) is 9.59 Å². The van der Waals surface area contributed by atoms with E-state index in [1.807, 2.05) is 0 Å². The summed E-state index contributed by atoms with van der Waals surface area (Å²) in [4.78, 5) is 22.9. The third kappa shape index (κ3) is 3.56. The van der Waals surface area contributed by atoms with E-state index in [0.29, 0.717) is 29.2 Å². The first kappa shape index (κ1) is 14.0. The van der Waals surface area contributed by atoms with Crippen LogP contribution in [0.2, 0.25) is 0 Å². The van der Waals surface area contributed by atoms with E-state index in [-0.39, 0.29) is 12.0 Å². The molecule has 3 N–H and O–H groups in total. The summed E-state index contributed by atoms with van der Waals surface area (Å²) >= 11 is 3.29. The van der Waals surface area contributed by atoms with Crippen molar-refractivity contribution in [3.63, 3.8) is 0 Å². The van der Waals surface area contributed by atoms with Crippen molar-refractivity contribution in [1.29, 1.82) is 0 Å². The molecule has 0 bridgehead atoms. The van der Waals surface area contributed by atoms with Gasteiger partial charge in [-0.2, -0.15) is 5.10 Å². The van der Waals surface area contributed by atoms with Crippen LogP contribution in [0.4, 0.5) is 5.69 Å². The third-order valence-corrected chi connectivity index (χ3v) is 3.93. The lowest BCUT2D eigenvalue weighted by atomic mass is 9.85. The van der Waals surface area contributed by atoms with Crippen molar-refractivity contribution in [3.8, 4) is 0 Å². The summed E-state index contributed by atoms with van der Waals surface area (Å²) in [5.41, 5.74) is 5.35. The molecule has 1 fully saturated rings. The predicted molar refractivity (Wildman–Crippen MR) is 75.8 cm³/mol. The van der Waals surface area contributed by atoms with Gasteiger partial charge in [-0.05, 0) is 34.7 Å². The zero-order valence-electron chi connectivity index (χ0n) is 10.6. The van der Waals surface area contributed by atoms with Crippen molar-refractivity contribution in [2.45, 2.75) is 32.2 Å². The number of anilines is 1. The summed E-state index contributed by atoms with van der Waals surface area (Å²) in [6, 6.07) is 0. The molecule has 7 heteroatoms. The number of carbonyl (C=O) groups is 1. The van der Waals surface area contributed by atoms with E-state index in [1.165, 1.54) is 11.1 Å². The van der Waals surface area contributed by atoms with E-state index >= 15 is 0 Å². The second-order valence-corrected chi connectivity index (χ2v) is 5.65. The molecule has 6 nitrogen and oxygen atoms in total. The Bertz CT molecular complexity index is 525. The number of hydrogen-bond donors (Lipinski definition) is 2. The Kier molecular flexibility index (Phi) is 4.57. The van der Waals surface area contributed by atoms with Gasteiger partial charge in [0, 0.05) is 19.5 Å². The van der Waals surface area contributed by atoms with Crippen LogP contribution >= 0.6 is 15.9 Å². The predicted octanol–water partition coefficient (Wildman–Crippen LogP) is 1.09. The summed E-state index contributed by atoms with van der Waals surface area (Å²) in [7, 11) is 0. The molecule has 1 saturated carbocycles. The van der Waals surface area contributed by atoms with Crippen LogP contribution in [0.25, 0.3) is 0 Å². The van der Waals surface area contributed by atoms with Gasteiger partial charge in [-0.1, -0.05) is 6.42 Å². The van der Waals surface area contributed by atoms with E-state index in [1.54, 1.807) is 6.20 Å². The molecule has 0 spiro atoms. The zero-order chi connectivity index (χ0) is 13.8. The fourth-order valence-corrected chi connectivity index (χ4v) is 2.39.